The fourth-order valence-corrected chi connectivity index (χ4v) is 4.73. The highest BCUT2D eigenvalue weighted by atomic mass is 32.2. The van der Waals surface area contributed by atoms with Crippen LogP contribution in [-0.4, -0.2) is 50.1 Å². The first-order valence-corrected chi connectivity index (χ1v) is 10.2. The Bertz CT molecular complexity index is 946. The van der Waals surface area contributed by atoms with Crippen LogP contribution in [0.25, 0.3) is 11.1 Å². The molecule has 2 heterocycles. The van der Waals surface area contributed by atoms with Crippen molar-refractivity contribution in [1.29, 1.82) is 0 Å². The minimum atomic E-state index is -3.65. The van der Waals surface area contributed by atoms with Gasteiger partial charge in [-0.3, -0.25) is 10.1 Å². The van der Waals surface area contributed by atoms with Gasteiger partial charge in [-0.05, 0) is 30.5 Å². The topological polar surface area (TPSA) is 102 Å². The van der Waals surface area contributed by atoms with E-state index in [9.17, 15) is 13.2 Å². The fourth-order valence-electron chi connectivity index (χ4n) is 3.07. The van der Waals surface area contributed by atoms with Crippen LogP contribution in [0.3, 0.4) is 0 Å². The molecule has 9 heteroatoms. The lowest BCUT2D eigenvalue weighted by atomic mass is 10.0. The molecule has 1 N–H and O–H groups in total. The molecule has 1 aliphatic rings. The van der Waals surface area contributed by atoms with Crippen molar-refractivity contribution in [2.75, 3.05) is 31.6 Å². The van der Waals surface area contributed by atoms with E-state index in [2.05, 4.69) is 10.5 Å². The molecule has 1 amide bonds. The van der Waals surface area contributed by atoms with Crippen molar-refractivity contribution in [3.63, 3.8) is 0 Å². The number of anilines is 1. The molecule has 0 bridgehead atoms. The zero-order chi connectivity index (χ0) is 19.6. The van der Waals surface area contributed by atoms with Crippen LogP contribution in [0.15, 0.2) is 27.6 Å². The van der Waals surface area contributed by atoms with Gasteiger partial charge in [-0.1, -0.05) is 24.2 Å². The summed E-state index contributed by atoms with van der Waals surface area (Å²) in [6.07, 6.45) is 0.581. The number of aromatic nitrogens is 1. The Balaban J connectivity index is 2.09. The third kappa shape index (κ3) is 3.90. The van der Waals surface area contributed by atoms with Gasteiger partial charge < -0.3 is 9.26 Å². The summed E-state index contributed by atoms with van der Waals surface area (Å²) >= 11 is 0. The molecule has 1 aliphatic heterocycles. The highest BCUT2D eigenvalue weighted by Gasteiger charge is 2.29. The highest BCUT2D eigenvalue weighted by molar-refractivity contribution is 7.89. The van der Waals surface area contributed by atoms with E-state index < -0.39 is 10.0 Å². The SMILES string of the molecule is CCc1noc(NC(C)=O)c1-c1ccc(C)c(S(=O)(=O)N2CCOCC2)c1. The van der Waals surface area contributed by atoms with Crippen molar-refractivity contribution in [1.82, 2.24) is 9.46 Å². The smallest absolute Gasteiger partial charge is 0.243 e. The number of amides is 1. The minimum Gasteiger partial charge on any atom is -0.379 e. The molecule has 8 nitrogen and oxygen atoms in total. The Morgan fingerprint density at radius 2 is 2.00 bits per heavy atom. The van der Waals surface area contributed by atoms with Gasteiger partial charge in [0.1, 0.15) is 0 Å². The summed E-state index contributed by atoms with van der Waals surface area (Å²) < 4.78 is 38.2. The lowest BCUT2D eigenvalue weighted by Gasteiger charge is -2.26. The Kier molecular flexibility index (Phi) is 5.64. The summed E-state index contributed by atoms with van der Waals surface area (Å²) in [7, 11) is -3.65. The number of carbonyl (C=O) groups is 1. The molecule has 1 saturated heterocycles. The summed E-state index contributed by atoms with van der Waals surface area (Å²) in [4.78, 5) is 11.7. The Labute approximate surface area is 158 Å². The number of carbonyl (C=O) groups excluding carboxylic acids is 1. The number of sulfonamides is 1. The molecule has 1 fully saturated rings. The number of nitrogens with zero attached hydrogens (tertiary/aromatic N) is 2. The molecule has 0 atom stereocenters. The van der Waals surface area contributed by atoms with E-state index in [1.54, 1.807) is 19.1 Å². The van der Waals surface area contributed by atoms with E-state index >= 15 is 0 Å². The van der Waals surface area contributed by atoms with Crippen LogP contribution in [0.4, 0.5) is 5.88 Å². The number of aryl methyl sites for hydroxylation is 2. The first-order chi connectivity index (χ1) is 12.8. The fraction of sp³-hybridized carbons (Fsp3) is 0.444. The van der Waals surface area contributed by atoms with Crippen LogP contribution in [0.1, 0.15) is 25.1 Å². The largest absolute Gasteiger partial charge is 0.379 e. The maximum Gasteiger partial charge on any atom is 0.243 e. The number of hydrogen-bond acceptors (Lipinski definition) is 6. The normalized spacial score (nSPS) is 15.7. The average Bonchev–Trinajstić information content (AvgIpc) is 3.04. The molecule has 0 unspecified atom stereocenters. The van der Waals surface area contributed by atoms with Crippen molar-refractivity contribution in [2.45, 2.75) is 32.1 Å². The molecule has 0 aliphatic carbocycles. The number of nitrogens with one attached hydrogen (secondary N) is 1. The first-order valence-electron chi connectivity index (χ1n) is 8.79. The van der Waals surface area contributed by atoms with E-state index in [0.29, 0.717) is 55.1 Å². The maximum absolute atomic E-state index is 13.1. The zero-order valence-corrected chi connectivity index (χ0v) is 16.4. The van der Waals surface area contributed by atoms with Gasteiger partial charge in [-0.2, -0.15) is 4.31 Å². The second kappa shape index (κ2) is 7.79. The molecule has 3 rings (SSSR count). The standard InChI is InChI=1S/C18H23N3O5S/c1-4-15-17(18(26-20-15)19-13(3)22)14-6-5-12(2)16(11-14)27(23,24)21-7-9-25-10-8-21/h5-6,11H,4,7-10H2,1-3H3,(H,19,22). The quantitative estimate of drug-likeness (QED) is 0.835. The van der Waals surface area contributed by atoms with Gasteiger partial charge in [0.15, 0.2) is 0 Å². The molecule has 0 spiro atoms. The molecule has 1 aromatic heterocycles. The summed E-state index contributed by atoms with van der Waals surface area (Å²) in [6.45, 7) is 6.49. The summed E-state index contributed by atoms with van der Waals surface area (Å²) in [5.41, 5.74) is 2.54. The van der Waals surface area contributed by atoms with Gasteiger partial charge >= 0.3 is 0 Å². The van der Waals surface area contributed by atoms with E-state index in [1.165, 1.54) is 11.2 Å². The number of hydrogen-bond donors (Lipinski definition) is 1. The van der Waals surface area contributed by atoms with Crippen molar-refractivity contribution < 1.29 is 22.5 Å². The molecule has 146 valence electrons. The van der Waals surface area contributed by atoms with Gasteiger partial charge in [0, 0.05) is 20.0 Å². The van der Waals surface area contributed by atoms with Crippen LogP contribution in [-0.2, 0) is 26.0 Å². The second-order valence-electron chi connectivity index (χ2n) is 6.36. The molecular formula is C18H23N3O5S. The maximum atomic E-state index is 13.1. The lowest BCUT2D eigenvalue weighted by Crippen LogP contribution is -2.40. The third-order valence-electron chi connectivity index (χ3n) is 4.45. The molecule has 2 aromatic rings. The van der Waals surface area contributed by atoms with Crippen molar-refractivity contribution in [2.24, 2.45) is 0 Å². The summed E-state index contributed by atoms with van der Waals surface area (Å²) in [5, 5.41) is 6.62. The van der Waals surface area contributed by atoms with Crippen LogP contribution >= 0.6 is 0 Å². The molecular weight excluding hydrogens is 370 g/mol. The number of morpholine rings is 1. The van der Waals surface area contributed by atoms with Crippen LogP contribution in [0.2, 0.25) is 0 Å². The predicted octanol–water partition coefficient (Wildman–Crippen LogP) is 2.19. The zero-order valence-electron chi connectivity index (χ0n) is 15.6. The first kappa shape index (κ1) is 19.5. The number of ether oxygens (including phenoxy) is 1. The van der Waals surface area contributed by atoms with Crippen molar-refractivity contribution >= 4 is 21.8 Å². The van der Waals surface area contributed by atoms with Gasteiger partial charge in [-0.15, -0.1) is 0 Å². The molecule has 27 heavy (non-hydrogen) atoms. The minimum absolute atomic E-state index is 0.220. The monoisotopic (exact) mass is 393 g/mol. The van der Waals surface area contributed by atoms with E-state index in [-0.39, 0.29) is 16.7 Å². The summed E-state index contributed by atoms with van der Waals surface area (Å²) in [5.74, 6) is -0.0683. The van der Waals surface area contributed by atoms with Crippen LogP contribution < -0.4 is 5.32 Å². The van der Waals surface area contributed by atoms with E-state index in [0.717, 1.165) is 0 Å². The Hall–Kier alpha value is -2.23. The van der Waals surface area contributed by atoms with Gasteiger partial charge in [0.25, 0.3) is 0 Å². The van der Waals surface area contributed by atoms with Gasteiger partial charge in [0.2, 0.25) is 21.8 Å². The van der Waals surface area contributed by atoms with Gasteiger partial charge in [0.05, 0.1) is 29.4 Å². The number of rotatable bonds is 5. The van der Waals surface area contributed by atoms with E-state index in [1.807, 2.05) is 13.0 Å². The highest BCUT2D eigenvalue weighted by Crippen LogP contribution is 2.35. The Morgan fingerprint density at radius 3 is 2.63 bits per heavy atom. The molecule has 1 aromatic carbocycles. The second-order valence-corrected chi connectivity index (χ2v) is 8.27. The molecule has 0 saturated carbocycles. The Morgan fingerprint density at radius 1 is 1.30 bits per heavy atom. The van der Waals surface area contributed by atoms with E-state index in [4.69, 9.17) is 9.26 Å². The van der Waals surface area contributed by atoms with Gasteiger partial charge in [-0.25, -0.2) is 8.42 Å². The third-order valence-corrected chi connectivity index (χ3v) is 6.49. The molecule has 0 radical (unpaired) electrons. The average molecular weight is 393 g/mol. The number of benzene rings is 1. The lowest BCUT2D eigenvalue weighted by molar-refractivity contribution is -0.114. The van der Waals surface area contributed by atoms with Crippen molar-refractivity contribution in [3.8, 4) is 11.1 Å². The van der Waals surface area contributed by atoms with Crippen molar-refractivity contribution in [3.05, 3.63) is 29.5 Å². The van der Waals surface area contributed by atoms with Crippen LogP contribution in [0, 0.1) is 6.92 Å². The summed E-state index contributed by atoms with van der Waals surface area (Å²) in [6, 6.07) is 5.19. The van der Waals surface area contributed by atoms with Crippen LogP contribution in [0.5, 0.6) is 0 Å². The predicted molar refractivity (Wildman–Crippen MR) is 99.9 cm³/mol.